The second-order valence-electron chi connectivity index (χ2n) is 8.98. The predicted molar refractivity (Wildman–Crippen MR) is 127 cm³/mol. The number of benzene rings is 1. The fourth-order valence-corrected chi connectivity index (χ4v) is 4.25. The third-order valence-electron chi connectivity index (χ3n) is 5.64. The van der Waals surface area contributed by atoms with Crippen molar-refractivity contribution in [1.82, 2.24) is 5.32 Å². The largest absolute Gasteiger partial charge is 0.480 e. The van der Waals surface area contributed by atoms with Crippen molar-refractivity contribution in [2.24, 2.45) is 0 Å². The monoisotopic (exact) mass is 459 g/mol. The van der Waals surface area contributed by atoms with Crippen LogP contribution in [0.3, 0.4) is 0 Å². The molecule has 0 aliphatic carbocycles. The van der Waals surface area contributed by atoms with Gasteiger partial charge < -0.3 is 19.3 Å². The van der Waals surface area contributed by atoms with Gasteiger partial charge in [0, 0.05) is 34.4 Å². The number of carbonyl (C=O) groups is 2. The number of carboxylic acid groups (broad SMARTS) is 1. The Bertz CT molecular complexity index is 1220. The molecule has 0 spiro atoms. The predicted octanol–water partition coefficient (Wildman–Crippen LogP) is 4.40. The van der Waals surface area contributed by atoms with Crippen LogP contribution in [0.15, 0.2) is 32.0 Å². The van der Waals surface area contributed by atoms with Crippen molar-refractivity contribution in [3.63, 3.8) is 0 Å². The molecule has 2 N–H and O–H groups in total. The molecule has 172 valence electrons. The first kappa shape index (κ1) is 23.9. The SMILES string of the molecule is CSCC[C@H](NC(=O)CCc1c(C)c2cc3c(C(C)(C)C)coc3cc2oc1=O)C(=O)O. The highest BCUT2D eigenvalue weighted by Crippen LogP contribution is 2.35. The number of furan rings is 1. The first-order chi connectivity index (χ1) is 15.0. The van der Waals surface area contributed by atoms with E-state index in [-0.39, 0.29) is 18.3 Å². The van der Waals surface area contributed by atoms with Gasteiger partial charge in [0.15, 0.2) is 0 Å². The average molecular weight is 460 g/mol. The molecule has 0 aliphatic rings. The summed E-state index contributed by atoms with van der Waals surface area (Å²) in [5.41, 5.74) is 2.72. The summed E-state index contributed by atoms with van der Waals surface area (Å²) < 4.78 is 11.2. The first-order valence-electron chi connectivity index (χ1n) is 10.5. The molecule has 0 saturated heterocycles. The summed E-state index contributed by atoms with van der Waals surface area (Å²) in [4.78, 5) is 36.3. The number of nitrogens with one attached hydrogen (secondary N) is 1. The zero-order valence-corrected chi connectivity index (χ0v) is 19.9. The number of fused-ring (bicyclic) bond motifs is 2. The van der Waals surface area contributed by atoms with Gasteiger partial charge in [-0.25, -0.2) is 9.59 Å². The van der Waals surface area contributed by atoms with Crippen molar-refractivity contribution in [1.29, 1.82) is 0 Å². The summed E-state index contributed by atoms with van der Waals surface area (Å²) in [5, 5.41) is 13.6. The molecule has 2 heterocycles. The van der Waals surface area contributed by atoms with Gasteiger partial charge in [-0.15, -0.1) is 0 Å². The van der Waals surface area contributed by atoms with E-state index in [0.717, 1.165) is 21.9 Å². The van der Waals surface area contributed by atoms with Crippen LogP contribution in [0, 0.1) is 6.92 Å². The minimum absolute atomic E-state index is 0.00134. The van der Waals surface area contributed by atoms with Gasteiger partial charge in [-0.1, -0.05) is 20.8 Å². The van der Waals surface area contributed by atoms with Crippen molar-refractivity contribution in [2.75, 3.05) is 12.0 Å². The van der Waals surface area contributed by atoms with E-state index in [2.05, 4.69) is 26.1 Å². The van der Waals surface area contributed by atoms with Crippen LogP contribution >= 0.6 is 11.8 Å². The van der Waals surface area contributed by atoms with Crippen molar-refractivity contribution < 1.29 is 23.5 Å². The van der Waals surface area contributed by atoms with E-state index in [9.17, 15) is 19.5 Å². The Morgan fingerprint density at radius 2 is 1.91 bits per heavy atom. The maximum absolute atomic E-state index is 12.6. The molecule has 0 aliphatic heterocycles. The molecule has 7 nitrogen and oxygen atoms in total. The summed E-state index contributed by atoms with van der Waals surface area (Å²) in [6.45, 7) is 8.15. The fraction of sp³-hybridized carbons (Fsp3) is 0.458. The van der Waals surface area contributed by atoms with E-state index in [0.29, 0.717) is 28.9 Å². The smallest absolute Gasteiger partial charge is 0.339 e. The highest BCUT2D eigenvalue weighted by molar-refractivity contribution is 7.98. The minimum atomic E-state index is -1.06. The maximum Gasteiger partial charge on any atom is 0.339 e. The van der Waals surface area contributed by atoms with Crippen molar-refractivity contribution in [2.45, 2.75) is 58.4 Å². The number of rotatable bonds is 8. The van der Waals surface area contributed by atoms with Gasteiger partial charge in [-0.2, -0.15) is 11.8 Å². The summed E-state index contributed by atoms with van der Waals surface area (Å²) in [6.07, 6.45) is 4.13. The van der Waals surface area contributed by atoms with Gasteiger partial charge in [0.05, 0.1) is 6.26 Å². The van der Waals surface area contributed by atoms with Gasteiger partial charge in [0.25, 0.3) is 0 Å². The van der Waals surface area contributed by atoms with Crippen LogP contribution in [-0.4, -0.2) is 35.0 Å². The number of thioether (sulfide) groups is 1. The van der Waals surface area contributed by atoms with E-state index in [1.165, 1.54) is 11.8 Å². The number of hydrogen-bond donors (Lipinski definition) is 2. The Balaban J connectivity index is 1.88. The molecule has 0 saturated carbocycles. The van der Waals surface area contributed by atoms with Gasteiger partial charge in [0.1, 0.15) is 17.2 Å². The maximum atomic E-state index is 12.6. The molecular weight excluding hydrogens is 430 g/mol. The number of aryl methyl sites for hydroxylation is 1. The van der Waals surface area contributed by atoms with Crippen LogP contribution in [0.2, 0.25) is 0 Å². The van der Waals surface area contributed by atoms with E-state index < -0.39 is 23.5 Å². The normalized spacial score (nSPS) is 12.9. The number of aliphatic carboxylic acids is 1. The molecule has 1 aromatic carbocycles. The quantitative estimate of drug-likeness (QED) is 0.480. The molecule has 0 fully saturated rings. The summed E-state index contributed by atoms with van der Waals surface area (Å²) in [7, 11) is 0. The van der Waals surface area contributed by atoms with Gasteiger partial charge >= 0.3 is 11.6 Å². The van der Waals surface area contributed by atoms with Crippen molar-refractivity contribution in [3.8, 4) is 0 Å². The molecule has 2 aromatic heterocycles. The Morgan fingerprint density at radius 1 is 1.19 bits per heavy atom. The summed E-state index contributed by atoms with van der Waals surface area (Å²) in [6, 6.07) is 2.77. The molecular formula is C24H29NO6S. The average Bonchev–Trinajstić information content (AvgIpc) is 3.12. The van der Waals surface area contributed by atoms with Crippen LogP contribution in [0.5, 0.6) is 0 Å². The number of amides is 1. The Kier molecular flexibility index (Phi) is 7.03. The molecule has 1 amide bonds. The highest BCUT2D eigenvalue weighted by atomic mass is 32.2. The van der Waals surface area contributed by atoms with Gasteiger partial charge in [-0.05, 0) is 48.8 Å². The Morgan fingerprint density at radius 3 is 2.53 bits per heavy atom. The fourth-order valence-electron chi connectivity index (χ4n) is 3.78. The van der Waals surface area contributed by atoms with Crippen LogP contribution in [-0.2, 0) is 21.4 Å². The lowest BCUT2D eigenvalue weighted by atomic mass is 9.86. The van der Waals surface area contributed by atoms with E-state index >= 15 is 0 Å². The lowest BCUT2D eigenvalue weighted by Crippen LogP contribution is -2.41. The molecule has 0 bridgehead atoms. The molecule has 3 rings (SSSR count). The molecule has 3 aromatic rings. The minimum Gasteiger partial charge on any atom is -0.480 e. The second kappa shape index (κ2) is 9.40. The number of carbonyl (C=O) groups excluding carboxylic acids is 1. The second-order valence-corrected chi connectivity index (χ2v) is 9.96. The lowest BCUT2D eigenvalue weighted by molar-refractivity contribution is -0.141. The third-order valence-corrected chi connectivity index (χ3v) is 6.28. The first-order valence-corrected chi connectivity index (χ1v) is 11.9. The van der Waals surface area contributed by atoms with Crippen LogP contribution in [0.4, 0.5) is 0 Å². The molecule has 8 heteroatoms. The van der Waals surface area contributed by atoms with E-state index in [1.54, 1.807) is 12.3 Å². The number of hydrogen-bond acceptors (Lipinski definition) is 6. The van der Waals surface area contributed by atoms with Crippen molar-refractivity contribution >= 4 is 45.6 Å². The topological polar surface area (TPSA) is 110 Å². The molecule has 0 unspecified atom stereocenters. The molecule has 32 heavy (non-hydrogen) atoms. The van der Waals surface area contributed by atoms with Crippen LogP contribution in [0.25, 0.3) is 21.9 Å². The van der Waals surface area contributed by atoms with Gasteiger partial charge in [-0.3, -0.25) is 4.79 Å². The van der Waals surface area contributed by atoms with E-state index in [4.69, 9.17) is 8.83 Å². The number of carboxylic acids is 1. The Labute approximate surface area is 190 Å². The summed E-state index contributed by atoms with van der Waals surface area (Å²) in [5.74, 6) is -0.839. The lowest BCUT2D eigenvalue weighted by Gasteiger charge is -2.17. The van der Waals surface area contributed by atoms with E-state index in [1.807, 2.05) is 19.2 Å². The zero-order valence-electron chi connectivity index (χ0n) is 19.0. The highest BCUT2D eigenvalue weighted by Gasteiger charge is 2.23. The summed E-state index contributed by atoms with van der Waals surface area (Å²) >= 11 is 1.52. The molecule has 1 atom stereocenters. The van der Waals surface area contributed by atoms with Crippen LogP contribution in [0.1, 0.15) is 50.3 Å². The Hall–Kier alpha value is -2.74. The zero-order chi connectivity index (χ0) is 23.6. The van der Waals surface area contributed by atoms with Gasteiger partial charge in [0.2, 0.25) is 5.91 Å². The van der Waals surface area contributed by atoms with Crippen LogP contribution < -0.4 is 10.9 Å². The molecule has 0 radical (unpaired) electrons. The van der Waals surface area contributed by atoms with Crippen molar-refractivity contribution in [3.05, 3.63) is 45.5 Å². The third kappa shape index (κ3) is 5.01. The standard InChI is InChI=1S/C24H29NO6S/c1-13-14(6-7-21(26)25-18(22(27)28)8-9-32-5)23(29)31-20-11-19-16(10-15(13)20)17(12-30-19)24(2,3)4/h10-12,18H,6-9H2,1-5H3,(H,25,26)(H,27,28)/t18-/m0/s1.